The molecule has 0 radical (unpaired) electrons. The number of hydrazone groups is 1. The average molecular weight is 499 g/mol. The van der Waals surface area contributed by atoms with Gasteiger partial charge in [0.2, 0.25) is 0 Å². The van der Waals surface area contributed by atoms with Crippen LogP contribution in [-0.4, -0.2) is 51.2 Å². The molecule has 10 nitrogen and oxygen atoms in total. The molecule has 2 aromatic rings. The van der Waals surface area contributed by atoms with Crippen molar-refractivity contribution in [2.24, 2.45) is 5.10 Å². The maximum atomic E-state index is 12.3. The van der Waals surface area contributed by atoms with E-state index < -0.39 is 23.9 Å². The summed E-state index contributed by atoms with van der Waals surface area (Å²) in [5.41, 5.74) is 4.49. The Balaban J connectivity index is 1.66. The second kappa shape index (κ2) is 11.9. The first-order chi connectivity index (χ1) is 16.9. The first kappa shape index (κ1) is 25.6. The standard InChI is InChI=1S/C24H26N4O6S/c1-14-21(23(30)33-3)22(27-24(31)26-14)16-7-10-18(19(11-16)32-2)34-13-20(29)28-25-12-15-5-8-17(35-4)9-6-15/h5-12,22H,13H2,1-4H3,(H,28,29)(H2,26,27,31)/b25-12-/t22-/m0/s1. The van der Waals surface area contributed by atoms with E-state index in [-0.39, 0.29) is 12.2 Å². The molecule has 0 bridgehead atoms. The van der Waals surface area contributed by atoms with Crippen LogP contribution in [-0.2, 0) is 14.3 Å². The quantitative estimate of drug-likeness (QED) is 0.210. The van der Waals surface area contributed by atoms with Crippen molar-refractivity contribution in [1.29, 1.82) is 0 Å². The van der Waals surface area contributed by atoms with Crippen molar-refractivity contribution in [3.8, 4) is 11.5 Å². The third-order valence-corrected chi connectivity index (χ3v) is 5.82. The Morgan fingerprint density at radius 3 is 2.54 bits per heavy atom. The summed E-state index contributed by atoms with van der Waals surface area (Å²) >= 11 is 1.64. The van der Waals surface area contributed by atoms with Crippen molar-refractivity contribution in [3.63, 3.8) is 0 Å². The SMILES string of the molecule is COC(=O)C1=C(C)NC(=O)N[C@H]1c1ccc(OCC(=O)N/N=C\c2ccc(SC)cc2)c(OC)c1. The predicted octanol–water partition coefficient (Wildman–Crippen LogP) is 2.75. The van der Waals surface area contributed by atoms with Crippen molar-refractivity contribution in [3.05, 3.63) is 64.9 Å². The summed E-state index contributed by atoms with van der Waals surface area (Å²) in [6.45, 7) is 1.32. The lowest BCUT2D eigenvalue weighted by atomic mass is 9.95. The molecule has 11 heteroatoms. The summed E-state index contributed by atoms with van der Waals surface area (Å²) in [4.78, 5) is 37.6. The van der Waals surface area contributed by atoms with E-state index in [2.05, 4.69) is 21.2 Å². The second-order valence-corrected chi connectivity index (χ2v) is 8.21. The number of nitrogens with one attached hydrogen (secondary N) is 3. The highest BCUT2D eigenvalue weighted by Gasteiger charge is 2.32. The number of rotatable bonds is 9. The number of thioether (sulfide) groups is 1. The number of benzene rings is 2. The minimum Gasteiger partial charge on any atom is -0.493 e. The van der Waals surface area contributed by atoms with Gasteiger partial charge in [-0.25, -0.2) is 15.0 Å². The molecule has 3 rings (SSSR count). The number of methoxy groups -OCH3 is 2. The topological polar surface area (TPSA) is 127 Å². The van der Waals surface area contributed by atoms with E-state index in [1.54, 1.807) is 43.1 Å². The minimum atomic E-state index is -0.748. The first-order valence-electron chi connectivity index (χ1n) is 10.5. The summed E-state index contributed by atoms with van der Waals surface area (Å²) in [6, 6.07) is 11.4. The molecule has 3 N–H and O–H groups in total. The average Bonchev–Trinajstić information content (AvgIpc) is 2.86. The Bertz CT molecular complexity index is 1160. The van der Waals surface area contributed by atoms with E-state index >= 15 is 0 Å². The van der Waals surface area contributed by atoms with Crippen LogP contribution in [0.3, 0.4) is 0 Å². The number of carbonyl (C=O) groups is 3. The number of amides is 3. The molecule has 2 aromatic carbocycles. The number of esters is 1. The van der Waals surface area contributed by atoms with Crippen LogP contribution in [0.25, 0.3) is 0 Å². The molecule has 0 saturated heterocycles. The molecule has 1 aliphatic heterocycles. The molecule has 3 amide bonds. The van der Waals surface area contributed by atoms with Crippen LogP contribution in [0.15, 0.2) is 63.7 Å². The zero-order chi connectivity index (χ0) is 25.4. The van der Waals surface area contributed by atoms with Crippen LogP contribution in [0.4, 0.5) is 4.79 Å². The zero-order valence-corrected chi connectivity index (χ0v) is 20.5. The summed E-state index contributed by atoms with van der Waals surface area (Å²) < 4.78 is 15.8. The van der Waals surface area contributed by atoms with Gasteiger partial charge in [-0.05, 0) is 48.6 Å². The van der Waals surface area contributed by atoms with Crippen LogP contribution in [0.5, 0.6) is 11.5 Å². The molecular formula is C24H26N4O6S. The lowest BCUT2D eigenvalue weighted by Gasteiger charge is -2.28. The Morgan fingerprint density at radius 2 is 1.89 bits per heavy atom. The fraction of sp³-hybridized carbons (Fsp3) is 0.250. The van der Waals surface area contributed by atoms with Crippen molar-refractivity contribution in [2.45, 2.75) is 17.9 Å². The second-order valence-electron chi connectivity index (χ2n) is 7.33. The van der Waals surface area contributed by atoms with E-state index in [1.807, 2.05) is 30.5 Å². The molecule has 0 aromatic heterocycles. The van der Waals surface area contributed by atoms with Gasteiger partial charge >= 0.3 is 12.0 Å². The number of hydrogen-bond acceptors (Lipinski definition) is 8. The van der Waals surface area contributed by atoms with Gasteiger partial charge < -0.3 is 24.8 Å². The Hall–Kier alpha value is -3.99. The molecule has 184 valence electrons. The molecule has 0 saturated carbocycles. The highest BCUT2D eigenvalue weighted by atomic mass is 32.2. The summed E-state index contributed by atoms with van der Waals surface area (Å²) in [6.07, 6.45) is 3.54. The van der Waals surface area contributed by atoms with Gasteiger partial charge in [-0.15, -0.1) is 11.8 Å². The number of allylic oxidation sites excluding steroid dienone is 1. The van der Waals surface area contributed by atoms with Gasteiger partial charge in [-0.2, -0.15) is 5.10 Å². The minimum absolute atomic E-state index is 0.267. The van der Waals surface area contributed by atoms with Crippen LogP contribution < -0.4 is 25.5 Å². The van der Waals surface area contributed by atoms with Crippen LogP contribution >= 0.6 is 11.8 Å². The van der Waals surface area contributed by atoms with Gasteiger partial charge in [-0.3, -0.25) is 4.79 Å². The van der Waals surface area contributed by atoms with Crippen molar-refractivity contribution >= 4 is 35.9 Å². The highest BCUT2D eigenvalue weighted by Crippen LogP contribution is 2.34. The Kier molecular flexibility index (Phi) is 8.74. The van der Waals surface area contributed by atoms with Crippen molar-refractivity contribution in [1.82, 2.24) is 16.1 Å². The van der Waals surface area contributed by atoms with E-state index in [1.165, 1.54) is 14.2 Å². The Morgan fingerprint density at radius 1 is 1.14 bits per heavy atom. The largest absolute Gasteiger partial charge is 0.493 e. The van der Waals surface area contributed by atoms with E-state index in [0.29, 0.717) is 22.8 Å². The van der Waals surface area contributed by atoms with Crippen LogP contribution in [0, 0.1) is 0 Å². The summed E-state index contributed by atoms with van der Waals surface area (Å²) in [7, 11) is 2.71. The van der Waals surface area contributed by atoms with Gasteiger partial charge in [0.15, 0.2) is 18.1 Å². The third-order valence-electron chi connectivity index (χ3n) is 5.07. The third kappa shape index (κ3) is 6.54. The molecule has 0 fully saturated rings. The molecule has 1 aliphatic rings. The highest BCUT2D eigenvalue weighted by molar-refractivity contribution is 7.98. The fourth-order valence-electron chi connectivity index (χ4n) is 3.35. The Labute approximate surface area is 207 Å². The normalized spacial score (nSPS) is 15.3. The smallest absolute Gasteiger partial charge is 0.337 e. The number of ether oxygens (including phenoxy) is 3. The molecule has 0 spiro atoms. The van der Waals surface area contributed by atoms with Gasteiger partial charge in [0.25, 0.3) is 5.91 Å². The van der Waals surface area contributed by atoms with E-state index in [4.69, 9.17) is 14.2 Å². The number of urea groups is 1. The molecule has 1 heterocycles. The maximum Gasteiger partial charge on any atom is 0.337 e. The van der Waals surface area contributed by atoms with Crippen molar-refractivity contribution < 1.29 is 28.6 Å². The maximum absolute atomic E-state index is 12.3. The molecule has 1 atom stereocenters. The summed E-state index contributed by atoms with van der Waals surface area (Å²) in [5, 5.41) is 9.21. The number of carbonyl (C=O) groups excluding carboxylic acids is 3. The van der Waals surface area contributed by atoms with Gasteiger partial charge in [0.05, 0.1) is 32.0 Å². The zero-order valence-electron chi connectivity index (χ0n) is 19.7. The van der Waals surface area contributed by atoms with Gasteiger partial charge in [0.1, 0.15) is 0 Å². The first-order valence-corrected chi connectivity index (χ1v) is 11.7. The van der Waals surface area contributed by atoms with Crippen LogP contribution in [0.2, 0.25) is 0 Å². The fourth-order valence-corrected chi connectivity index (χ4v) is 3.76. The number of nitrogens with zero attached hydrogens (tertiary/aromatic N) is 1. The van der Waals surface area contributed by atoms with Crippen molar-refractivity contribution in [2.75, 3.05) is 27.1 Å². The predicted molar refractivity (Wildman–Crippen MR) is 132 cm³/mol. The monoisotopic (exact) mass is 498 g/mol. The molecule has 0 aliphatic carbocycles. The van der Waals surface area contributed by atoms with Crippen LogP contribution in [0.1, 0.15) is 24.1 Å². The molecular weight excluding hydrogens is 472 g/mol. The molecule has 0 unspecified atom stereocenters. The number of hydrogen-bond donors (Lipinski definition) is 3. The lowest BCUT2D eigenvalue weighted by Crippen LogP contribution is -2.45. The van der Waals surface area contributed by atoms with Gasteiger partial charge in [0, 0.05) is 10.6 Å². The lowest BCUT2D eigenvalue weighted by molar-refractivity contribution is -0.136. The van der Waals surface area contributed by atoms with E-state index in [9.17, 15) is 14.4 Å². The van der Waals surface area contributed by atoms with E-state index in [0.717, 1.165) is 10.5 Å². The summed E-state index contributed by atoms with van der Waals surface area (Å²) in [5.74, 6) is -0.395. The van der Waals surface area contributed by atoms with Gasteiger partial charge in [-0.1, -0.05) is 18.2 Å². The molecule has 35 heavy (non-hydrogen) atoms.